The molecule has 0 atom stereocenters. The van der Waals surface area contributed by atoms with Crippen molar-refractivity contribution < 1.29 is 9.90 Å². The number of hydrogen-bond donors (Lipinski definition) is 3. The van der Waals surface area contributed by atoms with Crippen LogP contribution < -0.4 is 5.32 Å². The van der Waals surface area contributed by atoms with Gasteiger partial charge in [0.2, 0.25) is 0 Å². The van der Waals surface area contributed by atoms with Crippen molar-refractivity contribution in [2.24, 2.45) is 0 Å². The van der Waals surface area contributed by atoms with Gasteiger partial charge in [-0.2, -0.15) is 5.10 Å². The SMILES string of the molecule is Cc1cccc(Cc2n[nH]c3cc(O)c(C(=O)NCc4ccccc4)cc23)c1. The number of H-pyrrole nitrogens is 1. The Balaban J connectivity index is 1.60. The van der Waals surface area contributed by atoms with Gasteiger partial charge >= 0.3 is 0 Å². The van der Waals surface area contributed by atoms with E-state index in [2.05, 4.69) is 40.6 Å². The molecule has 0 aliphatic heterocycles. The maximum Gasteiger partial charge on any atom is 0.255 e. The number of aromatic hydroxyl groups is 1. The van der Waals surface area contributed by atoms with E-state index >= 15 is 0 Å². The van der Waals surface area contributed by atoms with Crippen LogP contribution in [0, 0.1) is 6.92 Å². The van der Waals surface area contributed by atoms with Gasteiger partial charge in [0.1, 0.15) is 5.75 Å². The lowest BCUT2D eigenvalue weighted by Crippen LogP contribution is -2.22. The first-order chi connectivity index (χ1) is 13.6. The lowest BCUT2D eigenvalue weighted by molar-refractivity contribution is 0.0948. The van der Waals surface area contributed by atoms with Crippen LogP contribution in [0.3, 0.4) is 0 Å². The van der Waals surface area contributed by atoms with Gasteiger partial charge in [0.25, 0.3) is 5.91 Å². The minimum absolute atomic E-state index is 0.0659. The van der Waals surface area contributed by atoms with Gasteiger partial charge < -0.3 is 10.4 Å². The molecule has 4 rings (SSSR count). The summed E-state index contributed by atoms with van der Waals surface area (Å²) >= 11 is 0. The molecule has 28 heavy (non-hydrogen) atoms. The average Bonchev–Trinajstić information content (AvgIpc) is 3.07. The summed E-state index contributed by atoms with van der Waals surface area (Å²) in [6.45, 7) is 2.46. The molecular weight excluding hydrogens is 350 g/mol. The van der Waals surface area contributed by atoms with Crippen molar-refractivity contribution >= 4 is 16.8 Å². The molecule has 1 heterocycles. The Labute approximate surface area is 163 Å². The van der Waals surface area contributed by atoms with E-state index in [0.29, 0.717) is 18.5 Å². The lowest BCUT2D eigenvalue weighted by atomic mass is 10.0. The highest BCUT2D eigenvalue weighted by atomic mass is 16.3. The molecule has 0 saturated heterocycles. The van der Waals surface area contributed by atoms with Gasteiger partial charge in [-0.25, -0.2) is 0 Å². The van der Waals surface area contributed by atoms with Gasteiger partial charge in [-0.1, -0.05) is 60.2 Å². The highest BCUT2D eigenvalue weighted by Crippen LogP contribution is 2.27. The molecular formula is C23H21N3O2. The van der Waals surface area contributed by atoms with Crippen molar-refractivity contribution in [2.75, 3.05) is 0 Å². The number of rotatable bonds is 5. The highest BCUT2D eigenvalue weighted by Gasteiger charge is 2.16. The van der Waals surface area contributed by atoms with Gasteiger partial charge in [-0.05, 0) is 24.1 Å². The van der Waals surface area contributed by atoms with Crippen LogP contribution in [0.2, 0.25) is 0 Å². The number of nitrogens with one attached hydrogen (secondary N) is 2. The Morgan fingerprint density at radius 2 is 1.82 bits per heavy atom. The number of amides is 1. The minimum atomic E-state index is -0.314. The zero-order valence-electron chi connectivity index (χ0n) is 15.6. The molecule has 5 nitrogen and oxygen atoms in total. The molecule has 0 aliphatic rings. The summed E-state index contributed by atoms with van der Waals surface area (Å²) in [4.78, 5) is 12.6. The number of phenols is 1. The number of nitrogens with zero attached hydrogens (tertiary/aromatic N) is 1. The van der Waals surface area contributed by atoms with Crippen LogP contribution in [-0.4, -0.2) is 21.2 Å². The molecule has 5 heteroatoms. The van der Waals surface area contributed by atoms with E-state index in [1.54, 1.807) is 12.1 Å². The average molecular weight is 371 g/mol. The predicted octanol–water partition coefficient (Wildman–Crippen LogP) is 4.10. The van der Waals surface area contributed by atoms with E-state index in [-0.39, 0.29) is 17.2 Å². The third-order valence-electron chi connectivity index (χ3n) is 4.75. The molecule has 1 amide bonds. The first-order valence-corrected chi connectivity index (χ1v) is 9.18. The number of aromatic nitrogens is 2. The summed E-state index contributed by atoms with van der Waals surface area (Å²) < 4.78 is 0. The summed E-state index contributed by atoms with van der Waals surface area (Å²) in [5, 5.41) is 21.3. The standard InChI is InChI=1S/C23H21N3O2/c1-15-6-5-9-17(10-15)11-20-18-12-19(22(27)13-21(18)26-25-20)23(28)24-14-16-7-3-2-4-8-16/h2-10,12-13,27H,11,14H2,1H3,(H,24,28)(H,25,26). The van der Waals surface area contributed by atoms with E-state index in [1.165, 1.54) is 5.56 Å². The zero-order valence-corrected chi connectivity index (χ0v) is 15.6. The van der Waals surface area contributed by atoms with Crippen LogP contribution in [-0.2, 0) is 13.0 Å². The Morgan fingerprint density at radius 3 is 2.61 bits per heavy atom. The maximum atomic E-state index is 12.6. The number of aromatic amines is 1. The molecule has 0 spiro atoms. The van der Waals surface area contributed by atoms with Crippen LogP contribution in [0.1, 0.15) is 32.7 Å². The molecule has 0 fully saturated rings. The van der Waals surface area contributed by atoms with Crippen LogP contribution in [0.5, 0.6) is 5.75 Å². The summed E-state index contributed by atoms with van der Waals surface area (Å²) in [7, 11) is 0. The van der Waals surface area contributed by atoms with E-state index in [0.717, 1.165) is 22.2 Å². The third-order valence-corrected chi connectivity index (χ3v) is 4.75. The van der Waals surface area contributed by atoms with Crippen molar-refractivity contribution in [3.8, 4) is 5.75 Å². The van der Waals surface area contributed by atoms with E-state index in [4.69, 9.17) is 0 Å². The first-order valence-electron chi connectivity index (χ1n) is 9.18. The fourth-order valence-electron chi connectivity index (χ4n) is 3.31. The summed E-state index contributed by atoms with van der Waals surface area (Å²) in [6.07, 6.45) is 0.650. The predicted molar refractivity (Wildman–Crippen MR) is 109 cm³/mol. The number of hydrogen-bond acceptors (Lipinski definition) is 3. The monoisotopic (exact) mass is 371 g/mol. The topological polar surface area (TPSA) is 78.0 Å². The van der Waals surface area contributed by atoms with Gasteiger partial charge in [-0.15, -0.1) is 0 Å². The number of fused-ring (bicyclic) bond motifs is 1. The number of aryl methyl sites for hydroxylation is 1. The van der Waals surface area contributed by atoms with Crippen LogP contribution in [0.15, 0.2) is 66.7 Å². The summed E-state index contributed by atoms with van der Waals surface area (Å²) in [5.41, 5.74) is 5.14. The number of benzene rings is 3. The Morgan fingerprint density at radius 1 is 1.04 bits per heavy atom. The molecule has 4 aromatic rings. The van der Waals surface area contributed by atoms with Crippen LogP contribution in [0.4, 0.5) is 0 Å². The second-order valence-electron chi connectivity index (χ2n) is 6.92. The van der Waals surface area contributed by atoms with Crippen molar-refractivity contribution in [2.45, 2.75) is 19.9 Å². The van der Waals surface area contributed by atoms with Gasteiger partial charge in [0, 0.05) is 24.4 Å². The molecule has 3 aromatic carbocycles. The maximum absolute atomic E-state index is 12.6. The van der Waals surface area contributed by atoms with E-state index in [1.807, 2.05) is 36.4 Å². The molecule has 0 saturated carbocycles. The Bertz CT molecular complexity index is 1130. The molecule has 3 N–H and O–H groups in total. The number of carbonyl (C=O) groups is 1. The van der Waals surface area contributed by atoms with Gasteiger partial charge in [0.05, 0.1) is 16.8 Å². The lowest BCUT2D eigenvalue weighted by Gasteiger charge is -2.08. The minimum Gasteiger partial charge on any atom is -0.507 e. The highest BCUT2D eigenvalue weighted by molar-refractivity contribution is 6.01. The van der Waals surface area contributed by atoms with E-state index in [9.17, 15) is 9.90 Å². The van der Waals surface area contributed by atoms with Crippen molar-refractivity contribution in [3.63, 3.8) is 0 Å². The number of phenolic OH excluding ortho intramolecular Hbond substituents is 1. The fraction of sp³-hybridized carbons (Fsp3) is 0.130. The normalized spacial score (nSPS) is 10.9. The zero-order chi connectivity index (χ0) is 19.5. The second-order valence-corrected chi connectivity index (χ2v) is 6.92. The van der Waals surface area contributed by atoms with Gasteiger partial charge in [-0.3, -0.25) is 9.89 Å². The smallest absolute Gasteiger partial charge is 0.255 e. The largest absolute Gasteiger partial charge is 0.507 e. The first kappa shape index (κ1) is 17.8. The third kappa shape index (κ3) is 3.74. The van der Waals surface area contributed by atoms with Crippen molar-refractivity contribution in [1.82, 2.24) is 15.5 Å². The van der Waals surface area contributed by atoms with Crippen LogP contribution >= 0.6 is 0 Å². The van der Waals surface area contributed by atoms with Crippen molar-refractivity contribution in [3.05, 3.63) is 94.7 Å². The quantitative estimate of drug-likeness (QED) is 0.494. The second kappa shape index (κ2) is 7.56. The molecule has 0 bridgehead atoms. The molecule has 1 aromatic heterocycles. The number of carbonyl (C=O) groups excluding carboxylic acids is 1. The van der Waals surface area contributed by atoms with Crippen molar-refractivity contribution in [1.29, 1.82) is 0 Å². The van der Waals surface area contributed by atoms with E-state index < -0.39 is 0 Å². The Kier molecular flexibility index (Phi) is 4.81. The molecule has 0 aliphatic carbocycles. The fourth-order valence-corrected chi connectivity index (χ4v) is 3.31. The molecule has 0 radical (unpaired) electrons. The Hall–Kier alpha value is -3.60. The molecule has 0 unspecified atom stereocenters. The summed E-state index contributed by atoms with van der Waals surface area (Å²) in [5.74, 6) is -0.380. The van der Waals surface area contributed by atoms with Gasteiger partial charge in [0.15, 0.2) is 0 Å². The van der Waals surface area contributed by atoms with Crippen LogP contribution in [0.25, 0.3) is 10.9 Å². The molecule has 140 valence electrons. The summed E-state index contributed by atoms with van der Waals surface area (Å²) in [6, 6.07) is 21.2.